The highest BCUT2D eigenvalue weighted by molar-refractivity contribution is 7.98. The molecule has 1 aromatic rings. The Balaban J connectivity index is 1.88. The van der Waals surface area contributed by atoms with Gasteiger partial charge in [-0.2, -0.15) is 0 Å². The third kappa shape index (κ3) is 4.13. The highest BCUT2D eigenvalue weighted by atomic mass is 35.5. The van der Waals surface area contributed by atoms with Crippen LogP contribution < -0.4 is 10.6 Å². The maximum atomic E-state index is 12.1. The Kier molecular flexibility index (Phi) is 5.55. The molecule has 104 valence electrons. The molecule has 0 aliphatic carbocycles. The van der Waals surface area contributed by atoms with Crippen molar-refractivity contribution in [1.82, 2.24) is 10.6 Å². The second kappa shape index (κ2) is 7.17. The summed E-state index contributed by atoms with van der Waals surface area (Å²) < 4.78 is 0. The Hall–Kier alpha value is -0.710. The van der Waals surface area contributed by atoms with E-state index in [1.807, 2.05) is 18.4 Å². The largest absolute Gasteiger partial charge is 0.352 e. The van der Waals surface area contributed by atoms with E-state index in [4.69, 9.17) is 11.6 Å². The molecule has 1 aliphatic rings. The average molecular weight is 299 g/mol. The van der Waals surface area contributed by atoms with Crippen molar-refractivity contribution in [3.05, 3.63) is 28.8 Å². The third-order valence-corrected chi connectivity index (χ3v) is 4.41. The molecule has 1 fully saturated rings. The molecule has 3 nitrogen and oxygen atoms in total. The molecule has 1 heterocycles. The van der Waals surface area contributed by atoms with Crippen molar-refractivity contribution in [1.29, 1.82) is 0 Å². The van der Waals surface area contributed by atoms with Crippen molar-refractivity contribution in [2.75, 3.05) is 19.3 Å². The first-order valence-corrected chi connectivity index (χ1v) is 8.16. The number of rotatable bonds is 5. The van der Waals surface area contributed by atoms with Gasteiger partial charge < -0.3 is 10.6 Å². The van der Waals surface area contributed by atoms with Gasteiger partial charge in [-0.3, -0.25) is 4.79 Å². The minimum absolute atomic E-state index is 0.0844. The van der Waals surface area contributed by atoms with Gasteiger partial charge in [0, 0.05) is 17.5 Å². The molecule has 19 heavy (non-hydrogen) atoms. The monoisotopic (exact) mass is 298 g/mol. The van der Waals surface area contributed by atoms with Crippen LogP contribution in [0.4, 0.5) is 0 Å². The Morgan fingerprint density at radius 3 is 3.11 bits per heavy atom. The minimum Gasteiger partial charge on any atom is -0.352 e. The number of nitrogens with one attached hydrogen (secondary N) is 2. The van der Waals surface area contributed by atoms with Gasteiger partial charge >= 0.3 is 0 Å². The van der Waals surface area contributed by atoms with E-state index in [9.17, 15) is 4.79 Å². The first kappa shape index (κ1) is 14.7. The summed E-state index contributed by atoms with van der Waals surface area (Å²) in [6, 6.07) is 6.09. The molecule has 1 amide bonds. The number of hydrogen-bond acceptors (Lipinski definition) is 3. The van der Waals surface area contributed by atoms with Crippen molar-refractivity contribution in [3.63, 3.8) is 0 Å². The smallest absolute Gasteiger partial charge is 0.252 e. The molecule has 1 unspecified atom stereocenters. The topological polar surface area (TPSA) is 41.1 Å². The lowest BCUT2D eigenvalue weighted by Crippen LogP contribution is -2.30. The molecule has 1 saturated heterocycles. The van der Waals surface area contributed by atoms with Crippen molar-refractivity contribution >= 4 is 29.3 Å². The van der Waals surface area contributed by atoms with Crippen LogP contribution in [0, 0.1) is 0 Å². The van der Waals surface area contributed by atoms with Crippen LogP contribution in [-0.4, -0.2) is 31.3 Å². The van der Waals surface area contributed by atoms with Gasteiger partial charge in [-0.1, -0.05) is 11.6 Å². The van der Waals surface area contributed by atoms with Crippen LogP contribution in [0.3, 0.4) is 0 Å². The molecular formula is C14H19ClN2OS. The van der Waals surface area contributed by atoms with E-state index in [1.165, 1.54) is 12.8 Å². The Labute approximate surface area is 123 Å². The minimum atomic E-state index is -0.0844. The summed E-state index contributed by atoms with van der Waals surface area (Å²) in [6.45, 7) is 1.79. The number of hydrogen-bond donors (Lipinski definition) is 2. The van der Waals surface area contributed by atoms with Crippen LogP contribution in [0.2, 0.25) is 5.02 Å². The van der Waals surface area contributed by atoms with Crippen molar-refractivity contribution in [2.24, 2.45) is 0 Å². The number of thioether (sulfide) groups is 1. The molecule has 1 aliphatic heterocycles. The number of carbonyl (C=O) groups excluding carboxylic acids is 1. The number of halogens is 1. The fourth-order valence-electron chi connectivity index (χ4n) is 2.26. The predicted molar refractivity (Wildman–Crippen MR) is 81.2 cm³/mol. The van der Waals surface area contributed by atoms with E-state index in [-0.39, 0.29) is 5.91 Å². The van der Waals surface area contributed by atoms with Gasteiger partial charge in [0.15, 0.2) is 0 Å². The molecule has 0 radical (unpaired) electrons. The molecule has 2 rings (SSSR count). The molecule has 5 heteroatoms. The standard InChI is InChI=1S/C14H19ClN2OS/c1-19-11-4-5-13(15)12(9-11)14(18)17-8-6-10-3-2-7-16-10/h4-5,9-10,16H,2-3,6-8H2,1H3,(H,17,18). The fraction of sp³-hybridized carbons (Fsp3) is 0.500. The third-order valence-electron chi connectivity index (χ3n) is 3.36. The van der Waals surface area contributed by atoms with Crippen LogP contribution >= 0.6 is 23.4 Å². The lowest BCUT2D eigenvalue weighted by atomic mass is 10.1. The van der Waals surface area contributed by atoms with E-state index in [1.54, 1.807) is 17.8 Å². The molecule has 1 aromatic carbocycles. The number of amides is 1. The molecule has 0 saturated carbocycles. The quantitative estimate of drug-likeness (QED) is 0.821. The van der Waals surface area contributed by atoms with Gasteiger partial charge in [-0.15, -0.1) is 11.8 Å². The summed E-state index contributed by atoms with van der Waals surface area (Å²) >= 11 is 7.68. The van der Waals surface area contributed by atoms with E-state index >= 15 is 0 Å². The maximum absolute atomic E-state index is 12.1. The highest BCUT2D eigenvalue weighted by Gasteiger charge is 2.15. The van der Waals surface area contributed by atoms with Gasteiger partial charge in [0.2, 0.25) is 0 Å². The summed E-state index contributed by atoms with van der Waals surface area (Å²) in [6.07, 6.45) is 5.40. The maximum Gasteiger partial charge on any atom is 0.252 e. The molecule has 1 atom stereocenters. The molecule has 2 N–H and O–H groups in total. The lowest BCUT2D eigenvalue weighted by molar-refractivity contribution is 0.0952. The summed E-state index contributed by atoms with van der Waals surface area (Å²) in [5, 5.41) is 6.87. The van der Waals surface area contributed by atoms with E-state index < -0.39 is 0 Å². The van der Waals surface area contributed by atoms with E-state index in [0.717, 1.165) is 17.9 Å². The zero-order valence-corrected chi connectivity index (χ0v) is 12.6. The summed E-state index contributed by atoms with van der Waals surface area (Å²) in [4.78, 5) is 13.1. The van der Waals surface area contributed by atoms with Gasteiger partial charge in [-0.05, 0) is 50.3 Å². The lowest BCUT2D eigenvalue weighted by Gasteiger charge is -2.11. The molecule has 0 aromatic heterocycles. The Morgan fingerprint density at radius 1 is 1.58 bits per heavy atom. The van der Waals surface area contributed by atoms with Gasteiger partial charge in [0.25, 0.3) is 5.91 Å². The van der Waals surface area contributed by atoms with Crippen LogP contribution in [-0.2, 0) is 0 Å². The van der Waals surface area contributed by atoms with Gasteiger partial charge in [0.05, 0.1) is 10.6 Å². The zero-order valence-electron chi connectivity index (χ0n) is 11.0. The summed E-state index contributed by atoms with van der Waals surface area (Å²) in [5.74, 6) is -0.0844. The number of carbonyl (C=O) groups is 1. The molecule has 0 bridgehead atoms. The van der Waals surface area contributed by atoms with Crippen LogP contribution in [0.25, 0.3) is 0 Å². The van der Waals surface area contributed by atoms with Crippen LogP contribution in [0.15, 0.2) is 23.1 Å². The normalized spacial score (nSPS) is 18.5. The number of benzene rings is 1. The van der Waals surface area contributed by atoms with Gasteiger partial charge in [-0.25, -0.2) is 0 Å². The van der Waals surface area contributed by atoms with Crippen molar-refractivity contribution < 1.29 is 4.79 Å². The predicted octanol–water partition coefficient (Wildman–Crippen LogP) is 2.93. The van der Waals surface area contributed by atoms with E-state index in [2.05, 4.69) is 10.6 Å². The Bertz CT molecular complexity index is 447. The summed E-state index contributed by atoms with van der Waals surface area (Å²) in [5.41, 5.74) is 0.563. The zero-order chi connectivity index (χ0) is 13.7. The SMILES string of the molecule is CSc1ccc(Cl)c(C(=O)NCCC2CCCN2)c1. The first-order chi connectivity index (χ1) is 9.20. The first-order valence-electron chi connectivity index (χ1n) is 6.56. The molecular weight excluding hydrogens is 280 g/mol. The van der Waals surface area contributed by atoms with E-state index in [0.29, 0.717) is 23.2 Å². The fourth-order valence-corrected chi connectivity index (χ4v) is 2.91. The second-order valence-electron chi connectivity index (χ2n) is 4.68. The van der Waals surface area contributed by atoms with Crippen molar-refractivity contribution in [2.45, 2.75) is 30.2 Å². The van der Waals surface area contributed by atoms with Crippen LogP contribution in [0.5, 0.6) is 0 Å². The highest BCUT2D eigenvalue weighted by Crippen LogP contribution is 2.22. The molecule has 0 spiro atoms. The second-order valence-corrected chi connectivity index (χ2v) is 5.97. The van der Waals surface area contributed by atoms with Crippen molar-refractivity contribution in [3.8, 4) is 0 Å². The van der Waals surface area contributed by atoms with Crippen LogP contribution in [0.1, 0.15) is 29.6 Å². The Morgan fingerprint density at radius 2 is 2.42 bits per heavy atom. The summed E-state index contributed by atoms with van der Waals surface area (Å²) in [7, 11) is 0. The average Bonchev–Trinajstić information content (AvgIpc) is 2.92. The van der Waals surface area contributed by atoms with Gasteiger partial charge in [0.1, 0.15) is 0 Å².